The zero-order chi connectivity index (χ0) is 29.5. The van der Waals surface area contributed by atoms with Gasteiger partial charge in [-0.15, -0.1) is 0 Å². The van der Waals surface area contributed by atoms with E-state index in [1.165, 1.54) is 16.7 Å². The number of nitrogens with one attached hydrogen (secondary N) is 1. The van der Waals surface area contributed by atoms with Gasteiger partial charge in [0.1, 0.15) is 19.0 Å². The number of nitrogens with two attached hydrogens (primary N) is 1. The smallest absolute Gasteiger partial charge is 0.307 e. The molecule has 0 saturated heterocycles. The number of anilines is 2. The lowest BCUT2D eigenvalue weighted by molar-refractivity contribution is -0.145. The molecule has 0 saturated carbocycles. The molecule has 1 atom stereocenters. The number of halogens is 1. The van der Waals surface area contributed by atoms with E-state index >= 15 is 0 Å². The van der Waals surface area contributed by atoms with Crippen molar-refractivity contribution in [3.8, 4) is 5.75 Å². The summed E-state index contributed by atoms with van der Waals surface area (Å²) in [6.07, 6.45) is 0.139. The Kier molecular flexibility index (Phi) is 9.67. The zero-order valence-corrected chi connectivity index (χ0v) is 25.0. The molecule has 0 radical (unpaired) electrons. The Morgan fingerprint density at radius 3 is 2.67 bits per heavy atom. The van der Waals surface area contributed by atoms with Crippen LogP contribution in [-0.2, 0) is 29.2 Å². The molecule has 6 nitrogen and oxygen atoms in total. The van der Waals surface area contributed by atoms with Crippen molar-refractivity contribution in [3.63, 3.8) is 0 Å². The number of para-hydroxylation sites is 1. The molecule has 0 aromatic heterocycles. The Bertz CT molecular complexity index is 1530. The van der Waals surface area contributed by atoms with Crippen LogP contribution in [0.5, 0.6) is 5.75 Å². The van der Waals surface area contributed by atoms with E-state index < -0.39 is 0 Å². The maximum Gasteiger partial charge on any atom is 0.307 e. The molecular weight excluding hydrogens is 546 g/mol. The Balaban J connectivity index is 1.43. The summed E-state index contributed by atoms with van der Waals surface area (Å²) >= 11 is 6.89. The molecule has 0 aliphatic carbocycles. The molecule has 0 spiro atoms. The number of nitrogen functional groups attached to an aromatic ring is 1. The van der Waals surface area contributed by atoms with Crippen molar-refractivity contribution >= 4 is 28.9 Å². The molecule has 1 aliphatic rings. The monoisotopic (exact) mass is 583 g/mol. The molecule has 0 amide bonds. The molecular formula is C35H38ClN3O3. The number of esters is 1. The lowest BCUT2D eigenvalue weighted by Crippen LogP contribution is -2.25. The molecule has 0 bridgehead atoms. The summed E-state index contributed by atoms with van der Waals surface area (Å²) in [5.41, 5.74) is 14.0. The van der Waals surface area contributed by atoms with Crippen LogP contribution in [0.1, 0.15) is 52.6 Å². The van der Waals surface area contributed by atoms with E-state index in [9.17, 15) is 4.79 Å². The second-order valence-electron chi connectivity index (χ2n) is 10.7. The van der Waals surface area contributed by atoms with Crippen LogP contribution >= 0.6 is 11.6 Å². The van der Waals surface area contributed by atoms with Crippen molar-refractivity contribution in [1.82, 2.24) is 4.90 Å². The number of hydrogen-bond acceptors (Lipinski definition) is 6. The van der Waals surface area contributed by atoms with Crippen LogP contribution in [0.15, 0.2) is 84.9 Å². The number of carbonyl (C=O) groups excluding carboxylic acids is 1. The van der Waals surface area contributed by atoms with Crippen molar-refractivity contribution in [2.45, 2.75) is 45.9 Å². The van der Waals surface area contributed by atoms with Crippen LogP contribution < -0.4 is 15.8 Å². The Morgan fingerprint density at radius 2 is 1.86 bits per heavy atom. The standard InChI is InChI=1S/C35H38ClN3O3/c1-3-38-31-16-15-29(34(36)35(31)37)30(20-33(40)42-23-25-9-5-4-6-10-25)26-14-13-24(2)28(19-26)22-39-17-18-41-32-12-8-7-11-27(32)21-39/h4-16,19,30,38H,3,17-18,20-23,37H2,1-2H3. The highest BCUT2D eigenvalue weighted by Crippen LogP contribution is 2.40. The normalized spacial score (nSPS) is 13.9. The molecule has 4 aromatic carbocycles. The number of hydrogen-bond donors (Lipinski definition) is 2. The predicted molar refractivity (Wildman–Crippen MR) is 170 cm³/mol. The van der Waals surface area contributed by atoms with Crippen molar-refractivity contribution in [1.29, 1.82) is 0 Å². The van der Waals surface area contributed by atoms with Crippen LogP contribution in [0.25, 0.3) is 0 Å². The Labute approximate surface area is 253 Å². The minimum absolute atomic E-state index is 0.139. The van der Waals surface area contributed by atoms with E-state index in [1.807, 2.05) is 61.5 Å². The molecule has 3 N–H and O–H groups in total. The van der Waals surface area contributed by atoms with Gasteiger partial charge in [0.05, 0.1) is 22.8 Å². The number of carbonyl (C=O) groups is 1. The molecule has 1 heterocycles. The average Bonchev–Trinajstić information content (AvgIpc) is 3.21. The van der Waals surface area contributed by atoms with E-state index in [4.69, 9.17) is 26.8 Å². The van der Waals surface area contributed by atoms with Crippen LogP contribution in [0.4, 0.5) is 11.4 Å². The first-order valence-corrected chi connectivity index (χ1v) is 14.8. The highest BCUT2D eigenvalue weighted by molar-refractivity contribution is 6.34. The first kappa shape index (κ1) is 29.5. The summed E-state index contributed by atoms with van der Waals surface area (Å²) in [7, 11) is 0. The highest BCUT2D eigenvalue weighted by atomic mass is 35.5. The molecule has 4 aromatic rings. The quantitative estimate of drug-likeness (QED) is 0.150. The average molecular weight is 584 g/mol. The van der Waals surface area contributed by atoms with Crippen molar-refractivity contribution in [2.24, 2.45) is 0 Å². The van der Waals surface area contributed by atoms with Crippen LogP contribution in [0.2, 0.25) is 5.02 Å². The maximum absolute atomic E-state index is 13.2. The molecule has 42 heavy (non-hydrogen) atoms. The van der Waals surface area contributed by atoms with Gasteiger partial charge in [0.25, 0.3) is 0 Å². The molecule has 0 fully saturated rings. The predicted octanol–water partition coefficient (Wildman–Crippen LogP) is 7.32. The van der Waals surface area contributed by atoms with Gasteiger partial charge in [0, 0.05) is 37.7 Å². The number of ether oxygens (including phenoxy) is 2. The van der Waals surface area contributed by atoms with Gasteiger partial charge in [-0.2, -0.15) is 0 Å². The van der Waals surface area contributed by atoms with E-state index in [2.05, 4.69) is 47.5 Å². The third-order valence-electron chi connectivity index (χ3n) is 7.77. The highest BCUT2D eigenvalue weighted by Gasteiger charge is 2.25. The van der Waals surface area contributed by atoms with Gasteiger partial charge in [-0.25, -0.2) is 0 Å². The number of benzene rings is 4. The molecule has 5 rings (SSSR count). The van der Waals surface area contributed by atoms with Gasteiger partial charge < -0.3 is 20.5 Å². The summed E-state index contributed by atoms with van der Waals surface area (Å²) in [6, 6.07) is 28.2. The van der Waals surface area contributed by atoms with Gasteiger partial charge in [-0.1, -0.05) is 84.4 Å². The van der Waals surface area contributed by atoms with Crippen molar-refractivity contribution in [2.75, 3.05) is 30.7 Å². The summed E-state index contributed by atoms with van der Waals surface area (Å²) in [5, 5.41) is 3.72. The van der Waals surface area contributed by atoms with E-state index in [1.54, 1.807) is 0 Å². The summed E-state index contributed by atoms with van der Waals surface area (Å²) in [4.78, 5) is 15.6. The first-order chi connectivity index (χ1) is 20.4. The summed E-state index contributed by atoms with van der Waals surface area (Å²) < 4.78 is 11.7. The minimum Gasteiger partial charge on any atom is -0.492 e. The first-order valence-electron chi connectivity index (χ1n) is 14.5. The van der Waals surface area contributed by atoms with Crippen molar-refractivity contribution in [3.05, 3.63) is 123 Å². The second-order valence-corrected chi connectivity index (χ2v) is 11.1. The van der Waals surface area contributed by atoms with Gasteiger partial charge >= 0.3 is 5.97 Å². The molecule has 218 valence electrons. The summed E-state index contributed by atoms with van der Waals surface area (Å²) in [5.74, 6) is 0.330. The Morgan fingerprint density at radius 1 is 1.07 bits per heavy atom. The van der Waals surface area contributed by atoms with Gasteiger partial charge in [0.2, 0.25) is 0 Å². The van der Waals surface area contributed by atoms with Crippen LogP contribution in [0.3, 0.4) is 0 Å². The molecule has 1 aliphatic heterocycles. The number of aryl methyl sites for hydroxylation is 1. The fourth-order valence-electron chi connectivity index (χ4n) is 5.43. The topological polar surface area (TPSA) is 76.8 Å². The fourth-order valence-corrected chi connectivity index (χ4v) is 5.73. The van der Waals surface area contributed by atoms with Gasteiger partial charge in [0.15, 0.2) is 0 Å². The Hall–Kier alpha value is -4.00. The fraction of sp³-hybridized carbons (Fsp3) is 0.286. The van der Waals surface area contributed by atoms with E-state index in [-0.39, 0.29) is 24.9 Å². The van der Waals surface area contributed by atoms with Crippen molar-refractivity contribution < 1.29 is 14.3 Å². The third-order valence-corrected chi connectivity index (χ3v) is 8.19. The lowest BCUT2D eigenvalue weighted by atomic mass is 9.86. The largest absolute Gasteiger partial charge is 0.492 e. The van der Waals surface area contributed by atoms with E-state index in [0.29, 0.717) is 17.3 Å². The second kappa shape index (κ2) is 13.8. The van der Waals surface area contributed by atoms with Crippen LogP contribution in [-0.4, -0.2) is 30.6 Å². The zero-order valence-electron chi connectivity index (χ0n) is 24.2. The summed E-state index contributed by atoms with van der Waals surface area (Å²) in [6.45, 7) is 8.11. The lowest BCUT2D eigenvalue weighted by Gasteiger charge is -2.24. The van der Waals surface area contributed by atoms with Gasteiger partial charge in [-0.3, -0.25) is 9.69 Å². The van der Waals surface area contributed by atoms with Gasteiger partial charge in [-0.05, 0) is 53.8 Å². The van der Waals surface area contributed by atoms with Crippen LogP contribution in [0, 0.1) is 6.92 Å². The molecule has 7 heteroatoms. The SMILES string of the molecule is CCNc1ccc(C(CC(=O)OCc2ccccc2)c2ccc(C)c(CN3CCOc4ccccc4C3)c2)c(Cl)c1N. The maximum atomic E-state index is 13.2. The molecule has 1 unspecified atom stereocenters. The van der Waals surface area contributed by atoms with E-state index in [0.717, 1.165) is 54.3 Å². The third kappa shape index (κ3) is 7.07. The number of fused-ring (bicyclic) bond motifs is 1. The number of rotatable bonds is 10. The number of nitrogens with zero attached hydrogens (tertiary/aromatic N) is 1. The minimum atomic E-state index is -0.328.